The Labute approximate surface area is 147 Å². The van der Waals surface area contributed by atoms with Gasteiger partial charge >= 0.3 is 0 Å². The zero-order chi connectivity index (χ0) is 17.1. The maximum atomic E-state index is 12.4. The van der Waals surface area contributed by atoms with Gasteiger partial charge in [-0.15, -0.1) is 5.10 Å². The third kappa shape index (κ3) is 3.25. The number of ketones is 1. The molecule has 1 unspecified atom stereocenters. The number of hydrogen-bond acceptors (Lipinski definition) is 3. The molecule has 126 valence electrons. The fourth-order valence-electron chi connectivity index (χ4n) is 3.70. The van der Waals surface area contributed by atoms with E-state index in [4.69, 9.17) is 0 Å². The first-order chi connectivity index (χ1) is 12.3. The van der Waals surface area contributed by atoms with Crippen molar-refractivity contribution in [3.63, 3.8) is 0 Å². The zero-order valence-electron chi connectivity index (χ0n) is 14.1. The highest BCUT2D eigenvalue weighted by Gasteiger charge is 2.24. The SMILES string of the molecule is O=C(CCc1cnnn1C1CCCc2ccccc21)c1ccccc1. The number of aryl methyl sites for hydroxylation is 2. The van der Waals surface area contributed by atoms with Gasteiger partial charge in [0.1, 0.15) is 0 Å². The first-order valence-electron chi connectivity index (χ1n) is 8.88. The van der Waals surface area contributed by atoms with Crippen LogP contribution < -0.4 is 0 Å². The van der Waals surface area contributed by atoms with Gasteiger partial charge in [0.25, 0.3) is 0 Å². The molecule has 25 heavy (non-hydrogen) atoms. The summed E-state index contributed by atoms with van der Waals surface area (Å²) >= 11 is 0. The third-order valence-electron chi connectivity index (χ3n) is 4.99. The van der Waals surface area contributed by atoms with Crippen LogP contribution in [0.3, 0.4) is 0 Å². The molecule has 0 saturated heterocycles. The van der Waals surface area contributed by atoms with Crippen LogP contribution in [0.4, 0.5) is 0 Å². The molecule has 0 spiro atoms. The quantitative estimate of drug-likeness (QED) is 0.664. The summed E-state index contributed by atoms with van der Waals surface area (Å²) in [6.07, 6.45) is 6.30. The third-order valence-corrected chi connectivity index (χ3v) is 4.99. The average molecular weight is 331 g/mol. The van der Waals surface area contributed by atoms with E-state index in [0.717, 1.165) is 30.5 Å². The highest BCUT2D eigenvalue weighted by molar-refractivity contribution is 5.96. The van der Waals surface area contributed by atoms with E-state index in [-0.39, 0.29) is 11.8 Å². The standard InChI is InChI=1S/C21H21N3O/c25-21(17-8-2-1-3-9-17)14-13-18-15-22-23-24(18)20-12-6-10-16-7-4-5-11-19(16)20/h1-5,7-9,11,15,20H,6,10,12-14H2. The summed E-state index contributed by atoms with van der Waals surface area (Å²) < 4.78 is 2.02. The van der Waals surface area contributed by atoms with Crippen molar-refractivity contribution in [2.75, 3.05) is 0 Å². The molecule has 0 N–H and O–H groups in total. The van der Waals surface area contributed by atoms with Crippen LogP contribution in [0.5, 0.6) is 0 Å². The van der Waals surface area contributed by atoms with E-state index in [0.29, 0.717) is 12.8 Å². The van der Waals surface area contributed by atoms with Crippen LogP contribution in [0.25, 0.3) is 0 Å². The van der Waals surface area contributed by atoms with Gasteiger partial charge in [0.15, 0.2) is 5.78 Å². The van der Waals surface area contributed by atoms with Crippen LogP contribution in [0, 0.1) is 0 Å². The minimum absolute atomic E-state index is 0.164. The number of nitrogens with zero attached hydrogens (tertiary/aromatic N) is 3. The molecule has 1 atom stereocenters. The van der Waals surface area contributed by atoms with Gasteiger partial charge in [-0.05, 0) is 36.8 Å². The van der Waals surface area contributed by atoms with E-state index >= 15 is 0 Å². The number of benzene rings is 2. The van der Waals surface area contributed by atoms with Crippen molar-refractivity contribution in [1.82, 2.24) is 15.0 Å². The number of fused-ring (bicyclic) bond motifs is 1. The van der Waals surface area contributed by atoms with Crippen molar-refractivity contribution in [2.24, 2.45) is 0 Å². The Hall–Kier alpha value is -2.75. The number of carbonyl (C=O) groups excluding carboxylic acids is 1. The molecule has 1 heterocycles. The van der Waals surface area contributed by atoms with Crippen LogP contribution in [0.2, 0.25) is 0 Å². The molecular formula is C21H21N3O. The van der Waals surface area contributed by atoms with Crippen LogP contribution in [-0.2, 0) is 12.8 Å². The maximum absolute atomic E-state index is 12.4. The first kappa shape index (κ1) is 15.8. The molecule has 0 bridgehead atoms. The Morgan fingerprint density at radius 3 is 2.76 bits per heavy atom. The van der Waals surface area contributed by atoms with E-state index in [1.165, 1.54) is 11.1 Å². The van der Waals surface area contributed by atoms with Crippen LogP contribution in [0.15, 0.2) is 60.8 Å². The van der Waals surface area contributed by atoms with E-state index < -0.39 is 0 Å². The summed E-state index contributed by atoms with van der Waals surface area (Å²) in [5, 5.41) is 8.47. The number of Topliss-reactive ketones (excluding diaryl/α,β-unsaturated/α-hetero) is 1. The predicted molar refractivity (Wildman–Crippen MR) is 96.6 cm³/mol. The van der Waals surface area contributed by atoms with Gasteiger partial charge in [0.05, 0.1) is 17.9 Å². The first-order valence-corrected chi connectivity index (χ1v) is 8.88. The second kappa shape index (κ2) is 7.01. The summed E-state index contributed by atoms with van der Waals surface area (Å²) in [7, 11) is 0. The van der Waals surface area contributed by atoms with E-state index in [2.05, 4.69) is 34.6 Å². The Morgan fingerprint density at radius 1 is 1.08 bits per heavy atom. The lowest BCUT2D eigenvalue weighted by Gasteiger charge is -2.26. The van der Waals surface area contributed by atoms with Gasteiger partial charge in [-0.2, -0.15) is 0 Å². The van der Waals surface area contributed by atoms with E-state index in [9.17, 15) is 4.79 Å². The van der Waals surface area contributed by atoms with Crippen molar-refractivity contribution in [2.45, 2.75) is 38.1 Å². The van der Waals surface area contributed by atoms with Crippen molar-refractivity contribution in [1.29, 1.82) is 0 Å². The molecular weight excluding hydrogens is 310 g/mol. The fourth-order valence-corrected chi connectivity index (χ4v) is 3.70. The number of hydrogen-bond donors (Lipinski definition) is 0. The van der Waals surface area contributed by atoms with Crippen molar-refractivity contribution < 1.29 is 4.79 Å². The normalized spacial score (nSPS) is 16.4. The Kier molecular flexibility index (Phi) is 4.42. The lowest BCUT2D eigenvalue weighted by atomic mass is 9.87. The molecule has 0 aliphatic heterocycles. The summed E-state index contributed by atoms with van der Waals surface area (Å²) in [6, 6.07) is 18.3. The second-order valence-corrected chi connectivity index (χ2v) is 6.57. The Balaban J connectivity index is 1.53. The number of rotatable bonds is 5. The average Bonchev–Trinajstić information content (AvgIpc) is 3.14. The summed E-state index contributed by atoms with van der Waals surface area (Å²) in [5.41, 5.74) is 4.55. The molecule has 4 heteroatoms. The van der Waals surface area contributed by atoms with Crippen molar-refractivity contribution in [3.05, 3.63) is 83.2 Å². The lowest BCUT2D eigenvalue weighted by Crippen LogP contribution is -2.20. The van der Waals surface area contributed by atoms with Crippen molar-refractivity contribution in [3.8, 4) is 0 Å². The van der Waals surface area contributed by atoms with Gasteiger partial charge < -0.3 is 0 Å². The largest absolute Gasteiger partial charge is 0.294 e. The van der Waals surface area contributed by atoms with Gasteiger partial charge in [0, 0.05) is 12.0 Å². The molecule has 4 nitrogen and oxygen atoms in total. The highest BCUT2D eigenvalue weighted by atomic mass is 16.1. The highest BCUT2D eigenvalue weighted by Crippen LogP contribution is 2.33. The molecule has 0 radical (unpaired) electrons. The molecule has 0 amide bonds. The molecule has 2 aromatic carbocycles. The van der Waals surface area contributed by atoms with Gasteiger partial charge in [-0.25, -0.2) is 4.68 Å². The summed E-state index contributed by atoms with van der Waals surface area (Å²) in [5.74, 6) is 0.164. The van der Waals surface area contributed by atoms with Gasteiger partial charge in [-0.3, -0.25) is 4.79 Å². The molecule has 1 aliphatic rings. The molecule has 0 fully saturated rings. The topological polar surface area (TPSA) is 47.8 Å². The molecule has 3 aromatic rings. The minimum Gasteiger partial charge on any atom is -0.294 e. The fraction of sp³-hybridized carbons (Fsp3) is 0.286. The Morgan fingerprint density at radius 2 is 1.88 bits per heavy atom. The smallest absolute Gasteiger partial charge is 0.163 e. The number of carbonyl (C=O) groups is 1. The molecule has 1 aliphatic carbocycles. The van der Waals surface area contributed by atoms with Crippen molar-refractivity contribution >= 4 is 5.78 Å². The summed E-state index contributed by atoms with van der Waals surface area (Å²) in [4.78, 5) is 12.4. The predicted octanol–water partition coefficient (Wildman–Crippen LogP) is 4.02. The van der Waals surface area contributed by atoms with Gasteiger partial charge in [0.2, 0.25) is 0 Å². The zero-order valence-corrected chi connectivity index (χ0v) is 14.1. The monoisotopic (exact) mass is 331 g/mol. The maximum Gasteiger partial charge on any atom is 0.163 e. The summed E-state index contributed by atoms with van der Waals surface area (Å²) in [6.45, 7) is 0. The van der Waals surface area contributed by atoms with Crippen LogP contribution >= 0.6 is 0 Å². The minimum atomic E-state index is 0.164. The second-order valence-electron chi connectivity index (χ2n) is 6.57. The van der Waals surface area contributed by atoms with Gasteiger partial charge in [-0.1, -0.05) is 59.8 Å². The number of aromatic nitrogens is 3. The van der Waals surface area contributed by atoms with E-state index in [1.807, 2.05) is 35.0 Å². The lowest BCUT2D eigenvalue weighted by molar-refractivity contribution is 0.0982. The molecule has 1 aromatic heterocycles. The van der Waals surface area contributed by atoms with Crippen LogP contribution in [-0.4, -0.2) is 20.8 Å². The molecule has 4 rings (SSSR count). The Bertz CT molecular complexity index is 870. The van der Waals surface area contributed by atoms with Crippen LogP contribution in [0.1, 0.15) is 52.5 Å². The molecule has 0 saturated carbocycles. The van der Waals surface area contributed by atoms with E-state index in [1.54, 1.807) is 6.20 Å².